The van der Waals surface area contributed by atoms with E-state index in [-0.39, 0.29) is 0 Å². The van der Waals surface area contributed by atoms with E-state index in [2.05, 4.69) is 40.1 Å². The number of nitrogens with zero attached hydrogens (tertiary/aromatic N) is 2. The van der Waals surface area contributed by atoms with E-state index in [9.17, 15) is 4.79 Å². The summed E-state index contributed by atoms with van der Waals surface area (Å²) < 4.78 is 0. The zero-order valence-electron chi connectivity index (χ0n) is 14.8. The SMILES string of the molecule is CSCC(=O)N1CCC[C@@H]2CN(CCCc3ccccc3)CC[C@@H]21. The molecule has 2 heterocycles. The summed E-state index contributed by atoms with van der Waals surface area (Å²) in [6.45, 7) is 4.51. The van der Waals surface area contributed by atoms with Gasteiger partial charge in [-0.3, -0.25) is 4.79 Å². The van der Waals surface area contributed by atoms with Crippen LogP contribution in [0, 0.1) is 5.92 Å². The van der Waals surface area contributed by atoms with Crippen LogP contribution in [0.25, 0.3) is 0 Å². The molecule has 2 aliphatic rings. The largest absolute Gasteiger partial charge is 0.339 e. The number of fused-ring (bicyclic) bond motifs is 1. The third kappa shape index (κ3) is 4.54. The number of hydrogen-bond acceptors (Lipinski definition) is 3. The maximum atomic E-state index is 12.4. The summed E-state index contributed by atoms with van der Waals surface area (Å²) in [5.74, 6) is 1.69. The normalized spacial score (nSPS) is 24.6. The molecule has 2 atom stereocenters. The summed E-state index contributed by atoms with van der Waals surface area (Å²) in [5, 5.41) is 0. The molecule has 0 radical (unpaired) electrons. The van der Waals surface area contributed by atoms with E-state index in [0.29, 0.717) is 23.6 Å². The van der Waals surface area contributed by atoms with Crippen LogP contribution >= 0.6 is 11.8 Å². The molecule has 0 bridgehead atoms. The Bertz CT molecular complexity index is 522. The molecule has 2 fully saturated rings. The molecule has 1 aromatic carbocycles. The summed E-state index contributed by atoms with van der Waals surface area (Å²) in [7, 11) is 0. The minimum atomic E-state index is 0.356. The van der Waals surface area contributed by atoms with E-state index >= 15 is 0 Å². The molecule has 1 aromatic rings. The number of amides is 1. The van der Waals surface area contributed by atoms with Gasteiger partial charge >= 0.3 is 0 Å². The van der Waals surface area contributed by atoms with Crippen LogP contribution in [0.4, 0.5) is 0 Å². The number of aryl methyl sites for hydroxylation is 1. The van der Waals surface area contributed by atoms with Crippen molar-refractivity contribution in [1.82, 2.24) is 9.80 Å². The van der Waals surface area contributed by atoms with Crippen molar-refractivity contribution in [3.05, 3.63) is 35.9 Å². The van der Waals surface area contributed by atoms with Gasteiger partial charge in [0.25, 0.3) is 0 Å². The lowest BCUT2D eigenvalue weighted by molar-refractivity contribution is -0.135. The van der Waals surface area contributed by atoms with Gasteiger partial charge in [-0.1, -0.05) is 30.3 Å². The first-order chi connectivity index (χ1) is 11.8. The average Bonchev–Trinajstić information content (AvgIpc) is 2.62. The van der Waals surface area contributed by atoms with Crippen LogP contribution in [-0.2, 0) is 11.2 Å². The molecule has 0 aromatic heterocycles. The van der Waals surface area contributed by atoms with E-state index in [0.717, 1.165) is 19.5 Å². The number of benzene rings is 1. The maximum absolute atomic E-state index is 12.4. The number of carbonyl (C=O) groups is 1. The predicted octanol–water partition coefficient (Wildman–Crippen LogP) is 3.30. The number of piperidine rings is 2. The van der Waals surface area contributed by atoms with Crippen LogP contribution in [0.1, 0.15) is 31.2 Å². The van der Waals surface area contributed by atoms with Crippen LogP contribution in [-0.4, -0.2) is 59.9 Å². The predicted molar refractivity (Wildman–Crippen MR) is 102 cm³/mol. The fourth-order valence-electron chi connectivity index (χ4n) is 4.35. The van der Waals surface area contributed by atoms with Gasteiger partial charge in [-0.25, -0.2) is 0 Å². The number of likely N-dealkylation sites (tertiary alicyclic amines) is 2. The van der Waals surface area contributed by atoms with E-state index in [1.807, 2.05) is 6.26 Å². The van der Waals surface area contributed by atoms with E-state index in [1.165, 1.54) is 44.3 Å². The van der Waals surface area contributed by atoms with Crippen molar-refractivity contribution in [3.8, 4) is 0 Å². The molecule has 0 saturated carbocycles. The van der Waals surface area contributed by atoms with Gasteiger partial charge in [0.2, 0.25) is 5.91 Å². The second-order valence-electron chi connectivity index (χ2n) is 7.17. The molecule has 24 heavy (non-hydrogen) atoms. The van der Waals surface area contributed by atoms with Crippen molar-refractivity contribution in [2.24, 2.45) is 5.92 Å². The Labute approximate surface area is 150 Å². The van der Waals surface area contributed by atoms with Gasteiger partial charge in [-0.15, -0.1) is 0 Å². The second kappa shape index (κ2) is 8.91. The molecule has 1 amide bonds. The number of hydrogen-bond donors (Lipinski definition) is 0. The Kier molecular flexibility index (Phi) is 6.61. The summed E-state index contributed by atoms with van der Waals surface area (Å²) >= 11 is 1.65. The zero-order chi connectivity index (χ0) is 16.8. The monoisotopic (exact) mass is 346 g/mol. The summed E-state index contributed by atoms with van der Waals surface area (Å²) in [6.07, 6.45) is 8.06. The Morgan fingerprint density at radius 2 is 2.04 bits per heavy atom. The van der Waals surface area contributed by atoms with Gasteiger partial charge < -0.3 is 9.80 Å². The van der Waals surface area contributed by atoms with Crippen molar-refractivity contribution < 1.29 is 4.79 Å². The highest BCUT2D eigenvalue weighted by Gasteiger charge is 2.37. The molecule has 0 N–H and O–H groups in total. The van der Waals surface area contributed by atoms with Gasteiger partial charge in [0, 0.05) is 25.7 Å². The third-order valence-electron chi connectivity index (χ3n) is 5.52. The first-order valence-electron chi connectivity index (χ1n) is 9.32. The summed E-state index contributed by atoms with van der Waals surface area (Å²) in [6, 6.07) is 11.3. The highest BCUT2D eigenvalue weighted by Crippen LogP contribution is 2.31. The molecule has 2 aliphatic heterocycles. The van der Waals surface area contributed by atoms with Gasteiger partial charge in [0.15, 0.2) is 0 Å². The minimum Gasteiger partial charge on any atom is -0.339 e. The molecule has 0 spiro atoms. The van der Waals surface area contributed by atoms with Crippen LogP contribution in [0.15, 0.2) is 30.3 Å². The topological polar surface area (TPSA) is 23.6 Å². The van der Waals surface area contributed by atoms with Gasteiger partial charge in [0.1, 0.15) is 0 Å². The van der Waals surface area contributed by atoms with E-state index in [1.54, 1.807) is 11.8 Å². The minimum absolute atomic E-state index is 0.356. The molecular weight excluding hydrogens is 316 g/mol. The zero-order valence-corrected chi connectivity index (χ0v) is 15.6. The highest BCUT2D eigenvalue weighted by atomic mass is 32.2. The standard InChI is InChI=1S/C20H30N2OS/c1-24-16-20(23)22-13-6-10-18-15-21(14-11-19(18)22)12-5-9-17-7-3-2-4-8-17/h2-4,7-8,18-19H,5-6,9-16H2,1H3/t18-,19+/m1/s1. The van der Waals surface area contributed by atoms with Gasteiger partial charge in [-0.05, 0) is 56.4 Å². The summed E-state index contributed by atoms with van der Waals surface area (Å²) in [5.41, 5.74) is 1.44. The Balaban J connectivity index is 1.47. The lowest BCUT2D eigenvalue weighted by Crippen LogP contribution is -2.56. The van der Waals surface area contributed by atoms with Crippen LogP contribution in [0.5, 0.6) is 0 Å². The molecule has 2 saturated heterocycles. The smallest absolute Gasteiger partial charge is 0.232 e. The first-order valence-corrected chi connectivity index (χ1v) is 10.7. The number of carbonyl (C=O) groups excluding carboxylic acids is 1. The Morgan fingerprint density at radius 3 is 2.83 bits per heavy atom. The van der Waals surface area contributed by atoms with Crippen molar-refractivity contribution >= 4 is 17.7 Å². The summed E-state index contributed by atoms with van der Waals surface area (Å²) in [4.78, 5) is 17.2. The molecular formula is C20H30N2OS. The first kappa shape index (κ1) is 17.8. The van der Waals surface area contributed by atoms with Crippen LogP contribution < -0.4 is 0 Å². The molecule has 3 rings (SSSR count). The molecule has 0 aliphatic carbocycles. The fraction of sp³-hybridized carbons (Fsp3) is 0.650. The highest BCUT2D eigenvalue weighted by molar-refractivity contribution is 7.99. The molecule has 3 nitrogen and oxygen atoms in total. The van der Waals surface area contributed by atoms with Gasteiger partial charge in [-0.2, -0.15) is 11.8 Å². The molecule has 132 valence electrons. The van der Waals surface area contributed by atoms with Crippen molar-refractivity contribution in [3.63, 3.8) is 0 Å². The van der Waals surface area contributed by atoms with Crippen molar-refractivity contribution in [1.29, 1.82) is 0 Å². The van der Waals surface area contributed by atoms with Crippen LogP contribution in [0.3, 0.4) is 0 Å². The Morgan fingerprint density at radius 1 is 1.21 bits per heavy atom. The average molecular weight is 347 g/mol. The Hall–Kier alpha value is -1.00. The van der Waals surface area contributed by atoms with E-state index < -0.39 is 0 Å². The fourth-order valence-corrected chi connectivity index (χ4v) is 4.76. The number of rotatable bonds is 6. The third-order valence-corrected chi connectivity index (χ3v) is 6.06. The molecule has 4 heteroatoms. The van der Waals surface area contributed by atoms with E-state index in [4.69, 9.17) is 0 Å². The quantitative estimate of drug-likeness (QED) is 0.790. The lowest BCUT2D eigenvalue weighted by Gasteiger charge is -2.47. The van der Waals surface area contributed by atoms with Crippen LogP contribution in [0.2, 0.25) is 0 Å². The second-order valence-corrected chi connectivity index (χ2v) is 8.03. The van der Waals surface area contributed by atoms with Gasteiger partial charge in [0.05, 0.1) is 5.75 Å². The lowest BCUT2D eigenvalue weighted by atomic mass is 9.83. The maximum Gasteiger partial charge on any atom is 0.232 e. The van der Waals surface area contributed by atoms with Crippen molar-refractivity contribution in [2.45, 2.75) is 38.1 Å². The number of thioether (sulfide) groups is 1. The molecule has 0 unspecified atom stereocenters. The van der Waals surface area contributed by atoms with Crippen molar-refractivity contribution in [2.75, 3.05) is 38.2 Å².